The lowest BCUT2D eigenvalue weighted by atomic mass is 9.61. The monoisotopic (exact) mass is 352 g/mol. The fraction of sp³-hybridized carbons (Fsp3) is 0.385. The van der Waals surface area contributed by atoms with Crippen molar-refractivity contribution in [1.82, 2.24) is 0 Å². The van der Waals surface area contributed by atoms with E-state index in [0.717, 1.165) is 29.1 Å². The van der Waals surface area contributed by atoms with E-state index in [-0.39, 0.29) is 5.41 Å². The topological polar surface area (TPSA) is 20.2 Å². The van der Waals surface area contributed by atoms with Gasteiger partial charge in [0.2, 0.25) is 0 Å². The number of rotatable bonds is 0. The molecular weight excluding hydrogens is 328 g/mol. The summed E-state index contributed by atoms with van der Waals surface area (Å²) in [5.41, 5.74) is 5.95. The van der Waals surface area contributed by atoms with Crippen LogP contribution in [0, 0.1) is 23.7 Å². The Morgan fingerprint density at radius 3 is 2.56 bits per heavy atom. The molecule has 1 N–H and O–H groups in total. The molecule has 0 radical (unpaired) electrons. The molecule has 5 unspecified atom stereocenters. The van der Waals surface area contributed by atoms with Gasteiger partial charge in [0.05, 0.1) is 0 Å². The highest BCUT2D eigenvalue weighted by Gasteiger charge is 2.64. The van der Waals surface area contributed by atoms with Crippen molar-refractivity contribution < 1.29 is 5.11 Å². The first-order chi connectivity index (χ1) is 13.3. The second-order valence-electron chi connectivity index (χ2n) is 9.45. The third-order valence-electron chi connectivity index (χ3n) is 8.70. The summed E-state index contributed by atoms with van der Waals surface area (Å²) in [7, 11) is 0. The average Bonchev–Trinajstić information content (AvgIpc) is 3.44. The zero-order chi connectivity index (χ0) is 17.8. The van der Waals surface area contributed by atoms with Crippen LogP contribution in [0.25, 0.3) is 21.9 Å². The highest BCUT2D eigenvalue weighted by molar-refractivity contribution is 6.05. The lowest BCUT2D eigenvalue weighted by molar-refractivity contribution is 0.184. The molecule has 0 amide bonds. The molecule has 0 aromatic heterocycles. The van der Waals surface area contributed by atoms with Crippen LogP contribution in [-0.2, 0) is 5.41 Å². The van der Waals surface area contributed by atoms with E-state index in [1.54, 1.807) is 5.56 Å². The summed E-state index contributed by atoms with van der Waals surface area (Å²) in [6.07, 6.45) is 7.00. The largest absolute Gasteiger partial charge is 0.507 e. The van der Waals surface area contributed by atoms with Gasteiger partial charge in [0.15, 0.2) is 0 Å². The number of phenols is 1. The molecule has 1 heteroatoms. The SMILES string of the molecule is Oc1cc2c(c3ccccc13)-c1ccccc1C21CC2CC1C1CCCC21. The van der Waals surface area contributed by atoms with Gasteiger partial charge in [-0.15, -0.1) is 0 Å². The van der Waals surface area contributed by atoms with E-state index in [2.05, 4.69) is 48.5 Å². The molecule has 5 atom stereocenters. The van der Waals surface area contributed by atoms with Gasteiger partial charge in [0.1, 0.15) is 5.75 Å². The van der Waals surface area contributed by atoms with Crippen molar-refractivity contribution in [2.75, 3.05) is 0 Å². The third kappa shape index (κ3) is 1.56. The smallest absolute Gasteiger partial charge is 0.123 e. The second-order valence-corrected chi connectivity index (χ2v) is 9.45. The average molecular weight is 352 g/mol. The molecule has 3 fully saturated rings. The highest BCUT2D eigenvalue weighted by atomic mass is 16.3. The minimum Gasteiger partial charge on any atom is -0.507 e. The lowest BCUT2D eigenvalue weighted by Crippen LogP contribution is -2.38. The van der Waals surface area contributed by atoms with Crippen molar-refractivity contribution in [3.05, 3.63) is 65.7 Å². The molecule has 0 aliphatic heterocycles. The van der Waals surface area contributed by atoms with E-state index in [9.17, 15) is 5.11 Å². The number of hydrogen-bond acceptors (Lipinski definition) is 1. The summed E-state index contributed by atoms with van der Waals surface area (Å²) < 4.78 is 0. The van der Waals surface area contributed by atoms with E-state index >= 15 is 0 Å². The van der Waals surface area contributed by atoms with Gasteiger partial charge in [-0.05, 0) is 83.1 Å². The van der Waals surface area contributed by atoms with Crippen LogP contribution >= 0.6 is 0 Å². The van der Waals surface area contributed by atoms with E-state index in [1.165, 1.54) is 54.2 Å². The molecule has 0 saturated heterocycles. The van der Waals surface area contributed by atoms with Gasteiger partial charge in [-0.3, -0.25) is 0 Å². The normalized spacial score (nSPS) is 35.0. The Hall–Kier alpha value is -2.28. The highest BCUT2D eigenvalue weighted by Crippen LogP contribution is 2.72. The Bertz CT molecular complexity index is 1110. The Balaban J connectivity index is 1.59. The van der Waals surface area contributed by atoms with Crippen molar-refractivity contribution in [2.24, 2.45) is 23.7 Å². The lowest BCUT2D eigenvalue weighted by Gasteiger charge is -2.42. The first-order valence-corrected chi connectivity index (χ1v) is 10.6. The Kier molecular flexibility index (Phi) is 2.60. The zero-order valence-electron chi connectivity index (χ0n) is 15.5. The summed E-state index contributed by atoms with van der Waals surface area (Å²) in [5.74, 6) is 3.98. The van der Waals surface area contributed by atoms with Crippen LogP contribution in [0.4, 0.5) is 0 Å². The van der Waals surface area contributed by atoms with Gasteiger partial charge < -0.3 is 5.11 Å². The third-order valence-corrected chi connectivity index (χ3v) is 8.70. The maximum Gasteiger partial charge on any atom is 0.123 e. The molecular formula is C26H24O. The quantitative estimate of drug-likeness (QED) is 0.506. The van der Waals surface area contributed by atoms with E-state index in [0.29, 0.717) is 5.75 Å². The van der Waals surface area contributed by atoms with Crippen LogP contribution in [0.1, 0.15) is 43.2 Å². The minimum absolute atomic E-state index is 0.142. The van der Waals surface area contributed by atoms with Crippen molar-refractivity contribution in [3.8, 4) is 16.9 Å². The fourth-order valence-electron chi connectivity index (χ4n) is 8.00. The van der Waals surface area contributed by atoms with Crippen LogP contribution in [0.15, 0.2) is 54.6 Å². The number of aromatic hydroxyl groups is 1. The van der Waals surface area contributed by atoms with Crippen molar-refractivity contribution in [3.63, 3.8) is 0 Å². The van der Waals surface area contributed by atoms with E-state index in [4.69, 9.17) is 0 Å². The fourth-order valence-corrected chi connectivity index (χ4v) is 8.00. The molecule has 3 aromatic carbocycles. The molecule has 4 aliphatic carbocycles. The molecule has 4 aliphatic rings. The molecule has 3 aromatic rings. The molecule has 0 heterocycles. The predicted octanol–water partition coefficient (Wildman–Crippen LogP) is 6.27. The molecule has 1 nitrogen and oxygen atoms in total. The summed E-state index contributed by atoms with van der Waals surface area (Å²) in [6, 6.07) is 19.7. The first kappa shape index (κ1) is 14.7. The van der Waals surface area contributed by atoms with Crippen LogP contribution < -0.4 is 0 Å². The standard InChI is InChI=1S/C26H24O/c27-24-13-23-25(19-7-2-1-6-18(19)24)20-8-3-4-11-21(20)26(23)14-15-12-22(26)17-10-5-9-16(15)17/h1-4,6-8,11,13,15-17,22,27H,5,9-10,12,14H2. The maximum absolute atomic E-state index is 10.9. The summed E-state index contributed by atoms with van der Waals surface area (Å²) in [5, 5.41) is 13.1. The molecule has 2 bridgehead atoms. The maximum atomic E-state index is 10.9. The molecule has 7 rings (SSSR count). The molecule has 134 valence electrons. The van der Waals surface area contributed by atoms with Crippen molar-refractivity contribution in [1.29, 1.82) is 0 Å². The Morgan fingerprint density at radius 2 is 1.63 bits per heavy atom. The van der Waals surface area contributed by atoms with Gasteiger partial charge in [-0.25, -0.2) is 0 Å². The molecule has 1 spiro atoms. The van der Waals surface area contributed by atoms with Crippen LogP contribution in [-0.4, -0.2) is 5.11 Å². The number of benzene rings is 3. The van der Waals surface area contributed by atoms with Crippen LogP contribution in [0.3, 0.4) is 0 Å². The van der Waals surface area contributed by atoms with Crippen LogP contribution in [0.5, 0.6) is 5.75 Å². The number of fused-ring (bicyclic) bond motifs is 13. The van der Waals surface area contributed by atoms with E-state index < -0.39 is 0 Å². The van der Waals surface area contributed by atoms with Gasteiger partial charge >= 0.3 is 0 Å². The Labute approximate surface area is 160 Å². The zero-order valence-corrected chi connectivity index (χ0v) is 15.5. The second kappa shape index (κ2) is 4.76. The van der Waals surface area contributed by atoms with Crippen molar-refractivity contribution >= 4 is 10.8 Å². The van der Waals surface area contributed by atoms with Gasteiger partial charge in [0, 0.05) is 10.8 Å². The van der Waals surface area contributed by atoms with Crippen LogP contribution in [0.2, 0.25) is 0 Å². The number of hydrogen-bond donors (Lipinski definition) is 1. The minimum atomic E-state index is 0.142. The molecule has 27 heavy (non-hydrogen) atoms. The molecule has 3 saturated carbocycles. The summed E-state index contributed by atoms with van der Waals surface area (Å²) in [4.78, 5) is 0. The van der Waals surface area contributed by atoms with Crippen molar-refractivity contribution in [2.45, 2.75) is 37.5 Å². The predicted molar refractivity (Wildman–Crippen MR) is 109 cm³/mol. The Morgan fingerprint density at radius 1 is 0.852 bits per heavy atom. The van der Waals surface area contributed by atoms with E-state index in [1.807, 2.05) is 6.07 Å². The first-order valence-electron chi connectivity index (χ1n) is 10.6. The summed E-state index contributed by atoms with van der Waals surface area (Å²) in [6.45, 7) is 0. The van der Waals surface area contributed by atoms with Gasteiger partial charge in [-0.1, -0.05) is 55.0 Å². The number of phenolic OH excluding ortho intramolecular Hbond substituents is 1. The van der Waals surface area contributed by atoms with Gasteiger partial charge in [-0.2, -0.15) is 0 Å². The van der Waals surface area contributed by atoms with Gasteiger partial charge in [0.25, 0.3) is 0 Å². The summed E-state index contributed by atoms with van der Waals surface area (Å²) >= 11 is 0.